The van der Waals surface area contributed by atoms with E-state index in [1.54, 1.807) is 6.07 Å². The van der Waals surface area contributed by atoms with Gasteiger partial charge >= 0.3 is 0 Å². The van der Waals surface area contributed by atoms with Gasteiger partial charge in [-0.15, -0.1) is 0 Å². The molecular weight excluding hydrogens is 252 g/mol. The Labute approximate surface area is 120 Å². The summed E-state index contributed by atoms with van der Waals surface area (Å²) in [6.07, 6.45) is 2.15. The molecule has 4 nitrogen and oxygen atoms in total. The van der Waals surface area contributed by atoms with Gasteiger partial charge in [0.25, 0.3) is 5.91 Å². The molecule has 0 atom stereocenters. The van der Waals surface area contributed by atoms with Crippen LogP contribution in [-0.4, -0.2) is 29.3 Å². The molecule has 1 aliphatic heterocycles. The first-order valence-corrected chi connectivity index (χ1v) is 7.26. The van der Waals surface area contributed by atoms with Crippen molar-refractivity contribution in [1.82, 2.24) is 4.90 Å². The van der Waals surface area contributed by atoms with E-state index >= 15 is 0 Å². The fraction of sp³-hybridized carbons (Fsp3) is 0.500. The predicted octanol–water partition coefficient (Wildman–Crippen LogP) is 2.83. The van der Waals surface area contributed by atoms with Crippen molar-refractivity contribution in [3.8, 4) is 0 Å². The molecule has 0 spiro atoms. The number of benzene rings is 1. The molecule has 1 aromatic carbocycles. The number of amides is 2. The Kier molecular flexibility index (Phi) is 4.42. The summed E-state index contributed by atoms with van der Waals surface area (Å²) in [5.41, 5.74) is 2.60. The molecule has 1 aliphatic rings. The minimum atomic E-state index is 0.0476. The second-order valence-electron chi connectivity index (χ2n) is 5.51. The van der Waals surface area contributed by atoms with E-state index in [2.05, 4.69) is 12.2 Å². The van der Waals surface area contributed by atoms with Crippen LogP contribution in [0.2, 0.25) is 0 Å². The molecule has 1 heterocycles. The lowest BCUT2D eigenvalue weighted by Crippen LogP contribution is -2.37. The van der Waals surface area contributed by atoms with E-state index in [0.29, 0.717) is 18.4 Å². The predicted molar refractivity (Wildman–Crippen MR) is 79.9 cm³/mol. The van der Waals surface area contributed by atoms with Crippen LogP contribution in [0.1, 0.15) is 49.5 Å². The number of aryl methyl sites for hydroxylation is 1. The topological polar surface area (TPSA) is 49.4 Å². The number of hydrogen-bond donors (Lipinski definition) is 1. The molecule has 0 fully saturated rings. The molecule has 2 rings (SSSR count). The quantitative estimate of drug-likeness (QED) is 0.917. The monoisotopic (exact) mass is 274 g/mol. The molecule has 108 valence electrons. The van der Waals surface area contributed by atoms with E-state index in [1.165, 1.54) is 0 Å². The van der Waals surface area contributed by atoms with Crippen molar-refractivity contribution in [3.05, 3.63) is 29.3 Å². The molecule has 0 saturated carbocycles. The number of carbonyl (C=O) groups is 2. The van der Waals surface area contributed by atoms with Crippen molar-refractivity contribution < 1.29 is 9.59 Å². The van der Waals surface area contributed by atoms with Crippen molar-refractivity contribution in [2.45, 2.75) is 46.1 Å². The van der Waals surface area contributed by atoms with E-state index in [4.69, 9.17) is 0 Å². The van der Waals surface area contributed by atoms with E-state index in [1.807, 2.05) is 30.9 Å². The summed E-state index contributed by atoms with van der Waals surface area (Å²) < 4.78 is 0. The highest BCUT2D eigenvalue weighted by Crippen LogP contribution is 2.24. The van der Waals surface area contributed by atoms with Gasteiger partial charge in [0.1, 0.15) is 0 Å². The van der Waals surface area contributed by atoms with Gasteiger partial charge in [0, 0.05) is 30.3 Å². The van der Waals surface area contributed by atoms with Crippen molar-refractivity contribution in [1.29, 1.82) is 0 Å². The van der Waals surface area contributed by atoms with Crippen LogP contribution in [0.25, 0.3) is 0 Å². The first kappa shape index (κ1) is 14.6. The highest BCUT2D eigenvalue weighted by atomic mass is 16.2. The molecule has 20 heavy (non-hydrogen) atoms. The van der Waals surface area contributed by atoms with Gasteiger partial charge in [-0.05, 0) is 50.5 Å². The maximum absolute atomic E-state index is 12.6. The molecule has 0 saturated heterocycles. The number of rotatable bonds is 4. The molecule has 1 N–H and O–H groups in total. The van der Waals surface area contributed by atoms with Crippen LogP contribution in [0.3, 0.4) is 0 Å². The summed E-state index contributed by atoms with van der Waals surface area (Å²) in [4.78, 5) is 25.8. The van der Waals surface area contributed by atoms with Crippen LogP contribution < -0.4 is 5.32 Å². The molecule has 4 heteroatoms. The maximum Gasteiger partial charge on any atom is 0.254 e. The Balaban J connectivity index is 2.24. The third-order valence-electron chi connectivity index (χ3n) is 3.60. The summed E-state index contributed by atoms with van der Waals surface area (Å²) in [5, 5.41) is 2.84. The number of nitrogens with zero attached hydrogens (tertiary/aromatic N) is 1. The highest BCUT2D eigenvalue weighted by Gasteiger charge is 2.21. The van der Waals surface area contributed by atoms with Crippen LogP contribution in [-0.2, 0) is 11.2 Å². The van der Waals surface area contributed by atoms with E-state index < -0.39 is 0 Å². The van der Waals surface area contributed by atoms with Crippen LogP contribution in [0, 0.1) is 0 Å². The van der Waals surface area contributed by atoms with Gasteiger partial charge < -0.3 is 10.2 Å². The van der Waals surface area contributed by atoms with Crippen molar-refractivity contribution in [3.63, 3.8) is 0 Å². The van der Waals surface area contributed by atoms with Crippen LogP contribution >= 0.6 is 0 Å². The Hall–Kier alpha value is -1.84. The van der Waals surface area contributed by atoms with Gasteiger partial charge in [0.15, 0.2) is 0 Å². The maximum atomic E-state index is 12.6. The van der Waals surface area contributed by atoms with Gasteiger partial charge in [0.2, 0.25) is 5.91 Å². The second-order valence-corrected chi connectivity index (χ2v) is 5.51. The molecular formula is C16H22N2O2. The third kappa shape index (κ3) is 3.00. The molecule has 1 aromatic rings. The summed E-state index contributed by atoms with van der Waals surface area (Å²) in [5.74, 6) is 0.118. The smallest absolute Gasteiger partial charge is 0.254 e. The van der Waals surface area contributed by atoms with E-state index in [9.17, 15) is 9.59 Å². The number of hydrogen-bond acceptors (Lipinski definition) is 2. The van der Waals surface area contributed by atoms with Gasteiger partial charge in [-0.1, -0.05) is 6.92 Å². The molecule has 0 radical (unpaired) electrons. The van der Waals surface area contributed by atoms with Crippen LogP contribution in [0.4, 0.5) is 5.69 Å². The summed E-state index contributed by atoms with van der Waals surface area (Å²) in [6.45, 7) is 6.91. The van der Waals surface area contributed by atoms with E-state index in [0.717, 1.165) is 24.2 Å². The Bertz CT molecular complexity index is 523. The van der Waals surface area contributed by atoms with E-state index in [-0.39, 0.29) is 17.9 Å². The van der Waals surface area contributed by atoms with Crippen molar-refractivity contribution in [2.24, 2.45) is 0 Å². The largest absolute Gasteiger partial charge is 0.336 e. The lowest BCUT2D eigenvalue weighted by molar-refractivity contribution is -0.116. The van der Waals surface area contributed by atoms with Gasteiger partial charge in [-0.2, -0.15) is 0 Å². The highest BCUT2D eigenvalue weighted by molar-refractivity contribution is 5.98. The number of fused-ring (bicyclic) bond motifs is 1. The summed E-state index contributed by atoms with van der Waals surface area (Å²) in [6, 6.07) is 5.75. The molecule has 0 unspecified atom stereocenters. The fourth-order valence-electron chi connectivity index (χ4n) is 2.52. The molecule has 0 aliphatic carbocycles. The zero-order valence-electron chi connectivity index (χ0n) is 12.4. The molecule has 0 bridgehead atoms. The number of anilines is 1. The average Bonchev–Trinajstić information content (AvgIpc) is 2.43. The standard InChI is InChI=1S/C16H22N2O2/c1-4-9-18(11(2)3)16(20)13-5-7-14-12(10-13)6-8-15(19)17-14/h5,7,10-11H,4,6,8-9H2,1-3H3,(H,17,19). The minimum absolute atomic E-state index is 0.0476. The van der Waals surface area contributed by atoms with Crippen LogP contribution in [0.5, 0.6) is 0 Å². The Morgan fingerprint density at radius 3 is 2.75 bits per heavy atom. The fourth-order valence-corrected chi connectivity index (χ4v) is 2.52. The van der Waals surface area contributed by atoms with Crippen molar-refractivity contribution >= 4 is 17.5 Å². The Morgan fingerprint density at radius 1 is 1.35 bits per heavy atom. The second kappa shape index (κ2) is 6.07. The first-order chi connectivity index (χ1) is 9.52. The van der Waals surface area contributed by atoms with Crippen molar-refractivity contribution in [2.75, 3.05) is 11.9 Å². The molecule has 0 aromatic heterocycles. The summed E-state index contributed by atoms with van der Waals surface area (Å²) in [7, 11) is 0. The third-order valence-corrected chi connectivity index (χ3v) is 3.60. The number of nitrogens with one attached hydrogen (secondary N) is 1. The summed E-state index contributed by atoms with van der Waals surface area (Å²) >= 11 is 0. The van der Waals surface area contributed by atoms with Gasteiger partial charge in [-0.3, -0.25) is 9.59 Å². The lowest BCUT2D eigenvalue weighted by Gasteiger charge is -2.27. The normalized spacial score (nSPS) is 13.9. The zero-order chi connectivity index (χ0) is 14.7. The Morgan fingerprint density at radius 2 is 2.10 bits per heavy atom. The van der Waals surface area contributed by atoms with Crippen LogP contribution in [0.15, 0.2) is 18.2 Å². The number of carbonyl (C=O) groups excluding carboxylic acids is 2. The molecule has 2 amide bonds. The van der Waals surface area contributed by atoms with Gasteiger partial charge in [0.05, 0.1) is 0 Å². The first-order valence-electron chi connectivity index (χ1n) is 7.26. The van der Waals surface area contributed by atoms with Gasteiger partial charge in [-0.25, -0.2) is 0 Å². The SMILES string of the molecule is CCCN(C(=O)c1ccc2c(c1)CCC(=O)N2)C(C)C. The lowest BCUT2D eigenvalue weighted by atomic mass is 9.99. The zero-order valence-corrected chi connectivity index (χ0v) is 12.4. The average molecular weight is 274 g/mol. The minimum Gasteiger partial charge on any atom is -0.336 e.